The first-order chi connectivity index (χ1) is 8.90. The lowest BCUT2D eigenvalue weighted by atomic mass is 9.87. The van der Waals surface area contributed by atoms with Crippen molar-refractivity contribution in [1.82, 2.24) is 9.88 Å². The molecule has 5 heteroatoms. The minimum absolute atomic E-state index is 0. The summed E-state index contributed by atoms with van der Waals surface area (Å²) in [7, 11) is 0. The van der Waals surface area contributed by atoms with Gasteiger partial charge in [-0.1, -0.05) is 27.7 Å². The molecule has 1 aromatic heterocycles. The second-order valence-electron chi connectivity index (χ2n) is 6.87. The Morgan fingerprint density at radius 2 is 2.15 bits per heavy atom. The van der Waals surface area contributed by atoms with Crippen LogP contribution in [0.4, 0.5) is 0 Å². The third kappa shape index (κ3) is 4.42. The molecule has 2 heterocycles. The van der Waals surface area contributed by atoms with Crippen LogP contribution in [0.15, 0.2) is 5.38 Å². The molecule has 2 atom stereocenters. The summed E-state index contributed by atoms with van der Waals surface area (Å²) in [5.41, 5.74) is 7.24. The number of aromatic nitrogens is 1. The summed E-state index contributed by atoms with van der Waals surface area (Å²) >= 11 is 1.80. The number of likely N-dealkylation sites (tertiary alicyclic amines) is 1. The van der Waals surface area contributed by atoms with E-state index in [0.717, 1.165) is 25.6 Å². The van der Waals surface area contributed by atoms with Gasteiger partial charge in [0.25, 0.3) is 0 Å². The number of nitrogens with two attached hydrogens (primary N) is 1. The summed E-state index contributed by atoms with van der Waals surface area (Å²) in [6.07, 6.45) is 1.26. The average Bonchev–Trinajstić information content (AvgIpc) is 2.80. The first kappa shape index (κ1) is 17.9. The molecule has 1 saturated heterocycles. The van der Waals surface area contributed by atoms with Crippen molar-refractivity contribution in [3.05, 3.63) is 16.1 Å². The van der Waals surface area contributed by atoms with Crippen molar-refractivity contribution in [3.8, 4) is 0 Å². The highest BCUT2D eigenvalue weighted by Gasteiger charge is 2.26. The lowest BCUT2D eigenvalue weighted by Crippen LogP contribution is -2.42. The van der Waals surface area contributed by atoms with E-state index in [9.17, 15) is 0 Å². The molecular formula is C15H28ClN3S. The smallest absolute Gasteiger partial charge is 0.107 e. The Morgan fingerprint density at radius 3 is 2.70 bits per heavy atom. The first-order valence-electron chi connectivity index (χ1n) is 7.27. The number of piperidine rings is 1. The van der Waals surface area contributed by atoms with Crippen molar-refractivity contribution in [2.75, 3.05) is 19.6 Å². The second kappa shape index (κ2) is 7.21. The van der Waals surface area contributed by atoms with Crippen molar-refractivity contribution in [3.63, 3.8) is 0 Å². The normalized spacial score (nSPS) is 24.4. The van der Waals surface area contributed by atoms with Crippen LogP contribution in [0.2, 0.25) is 0 Å². The zero-order valence-electron chi connectivity index (χ0n) is 13.1. The minimum Gasteiger partial charge on any atom is -0.330 e. The Balaban J connectivity index is 0.00000200. The van der Waals surface area contributed by atoms with E-state index in [0.29, 0.717) is 5.92 Å². The van der Waals surface area contributed by atoms with E-state index in [1.54, 1.807) is 11.3 Å². The molecule has 2 N–H and O–H groups in total. The minimum atomic E-state index is 0. The van der Waals surface area contributed by atoms with Crippen molar-refractivity contribution >= 4 is 23.7 Å². The van der Waals surface area contributed by atoms with E-state index >= 15 is 0 Å². The second-order valence-corrected chi connectivity index (χ2v) is 7.82. The maximum atomic E-state index is 5.87. The topological polar surface area (TPSA) is 42.2 Å². The van der Waals surface area contributed by atoms with Crippen LogP contribution in [0.5, 0.6) is 0 Å². The Labute approximate surface area is 133 Å². The number of halogens is 1. The maximum Gasteiger partial charge on any atom is 0.107 e. The summed E-state index contributed by atoms with van der Waals surface area (Å²) in [6.45, 7) is 13.1. The van der Waals surface area contributed by atoms with Gasteiger partial charge in [0.05, 0.1) is 12.2 Å². The Morgan fingerprint density at radius 1 is 1.45 bits per heavy atom. The van der Waals surface area contributed by atoms with Crippen LogP contribution in [-0.2, 0) is 12.0 Å². The van der Waals surface area contributed by atoms with E-state index in [1.165, 1.54) is 23.7 Å². The molecule has 0 spiro atoms. The lowest BCUT2D eigenvalue weighted by Gasteiger charge is -2.36. The van der Waals surface area contributed by atoms with Gasteiger partial charge < -0.3 is 5.73 Å². The van der Waals surface area contributed by atoms with Crippen LogP contribution in [-0.4, -0.2) is 29.5 Å². The SMILES string of the molecule is CC1CCN(Cc2nc(C(C)(C)C)cs2)CC1CN.Cl. The third-order valence-electron chi connectivity index (χ3n) is 4.18. The molecule has 0 amide bonds. The number of hydrogen-bond acceptors (Lipinski definition) is 4. The van der Waals surface area contributed by atoms with Gasteiger partial charge in [0.15, 0.2) is 0 Å². The van der Waals surface area contributed by atoms with E-state index < -0.39 is 0 Å². The third-order valence-corrected chi connectivity index (χ3v) is 5.01. The van der Waals surface area contributed by atoms with Crippen LogP contribution in [0.25, 0.3) is 0 Å². The zero-order valence-corrected chi connectivity index (χ0v) is 14.7. The van der Waals surface area contributed by atoms with Gasteiger partial charge in [-0.25, -0.2) is 4.98 Å². The van der Waals surface area contributed by atoms with Gasteiger partial charge in [-0.05, 0) is 31.3 Å². The number of rotatable bonds is 3. The molecule has 1 aromatic rings. The fourth-order valence-electron chi connectivity index (χ4n) is 2.59. The fraction of sp³-hybridized carbons (Fsp3) is 0.800. The van der Waals surface area contributed by atoms with Crippen molar-refractivity contribution in [2.45, 2.75) is 46.1 Å². The van der Waals surface area contributed by atoms with Gasteiger partial charge in [-0.15, -0.1) is 23.7 Å². The van der Waals surface area contributed by atoms with E-state index in [1.807, 2.05) is 0 Å². The van der Waals surface area contributed by atoms with Gasteiger partial charge in [-0.3, -0.25) is 4.90 Å². The average molecular weight is 318 g/mol. The van der Waals surface area contributed by atoms with Crippen molar-refractivity contribution < 1.29 is 0 Å². The summed E-state index contributed by atoms with van der Waals surface area (Å²) in [4.78, 5) is 7.31. The molecule has 3 nitrogen and oxygen atoms in total. The van der Waals surface area contributed by atoms with Gasteiger partial charge in [-0.2, -0.15) is 0 Å². The fourth-order valence-corrected chi connectivity index (χ4v) is 3.66. The highest BCUT2D eigenvalue weighted by molar-refractivity contribution is 7.09. The van der Waals surface area contributed by atoms with Gasteiger partial charge in [0.1, 0.15) is 5.01 Å². The van der Waals surface area contributed by atoms with Crippen LogP contribution in [0.3, 0.4) is 0 Å². The van der Waals surface area contributed by atoms with Crippen LogP contribution in [0.1, 0.15) is 44.8 Å². The van der Waals surface area contributed by atoms with Gasteiger partial charge >= 0.3 is 0 Å². The van der Waals surface area contributed by atoms with Crippen molar-refractivity contribution in [2.24, 2.45) is 17.6 Å². The molecule has 0 radical (unpaired) electrons. The summed E-state index contributed by atoms with van der Waals surface area (Å²) in [6, 6.07) is 0. The van der Waals surface area contributed by atoms with E-state index in [-0.39, 0.29) is 17.8 Å². The molecule has 1 fully saturated rings. The lowest BCUT2D eigenvalue weighted by molar-refractivity contribution is 0.126. The van der Waals surface area contributed by atoms with E-state index in [2.05, 4.69) is 38.0 Å². The van der Waals surface area contributed by atoms with Crippen LogP contribution in [0, 0.1) is 11.8 Å². The number of nitrogens with zero attached hydrogens (tertiary/aromatic N) is 2. The molecule has 0 aromatic carbocycles. The van der Waals surface area contributed by atoms with Crippen molar-refractivity contribution in [1.29, 1.82) is 0 Å². The number of thiazole rings is 1. The Hall–Kier alpha value is -0.160. The molecule has 116 valence electrons. The number of hydrogen-bond donors (Lipinski definition) is 1. The molecule has 2 unspecified atom stereocenters. The predicted molar refractivity (Wildman–Crippen MR) is 89.7 cm³/mol. The molecule has 0 bridgehead atoms. The summed E-state index contributed by atoms with van der Waals surface area (Å²) in [5, 5.41) is 3.46. The molecule has 2 rings (SSSR count). The molecule has 1 aliphatic heterocycles. The molecule has 0 saturated carbocycles. The Kier molecular flexibility index (Phi) is 6.45. The molecular weight excluding hydrogens is 290 g/mol. The summed E-state index contributed by atoms with van der Waals surface area (Å²) in [5.74, 6) is 1.42. The largest absolute Gasteiger partial charge is 0.330 e. The summed E-state index contributed by atoms with van der Waals surface area (Å²) < 4.78 is 0. The molecule has 20 heavy (non-hydrogen) atoms. The maximum absolute atomic E-state index is 5.87. The highest BCUT2D eigenvalue weighted by atomic mass is 35.5. The standard InChI is InChI=1S/C15H27N3S.ClH/c1-11-5-6-18(8-12(11)7-16)9-14-17-13(10-19-14)15(2,3)4;/h10-12H,5-9,16H2,1-4H3;1H. The van der Waals surface area contributed by atoms with Gasteiger partial charge in [0.2, 0.25) is 0 Å². The molecule has 0 aliphatic carbocycles. The van der Waals surface area contributed by atoms with Gasteiger partial charge in [0, 0.05) is 17.3 Å². The van der Waals surface area contributed by atoms with Crippen LogP contribution < -0.4 is 5.73 Å². The predicted octanol–water partition coefficient (Wildman–Crippen LogP) is 3.28. The van der Waals surface area contributed by atoms with E-state index in [4.69, 9.17) is 10.7 Å². The van der Waals surface area contributed by atoms with Crippen LogP contribution >= 0.6 is 23.7 Å². The zero-order chi connectivity index (χ0) is 14.0. The highest BCUT2D eigenvalue weighted by Crippen LogP contribution is 2.27. The first-order valence-corrected chi connectivity index (χ1v) is 8.15. The Bertz CT molecular complexity index is 413. The quantitative estimate of drug-likeness (QED) is 0.930. The monoisotopic (exact) mass is 317 g/mol. The molecule has 1 aliphatic rings.